The molecule has 1 aromatic carbocycles. The first-order valence-corrected chi connectivity index (χ1v) is 6.36. The van der Waals surface area contributed by atoms with Crippen molar-refractivity contribution in [3.05, 3.63) is 41.8 Å². The van der Waals surface area contributed by atoms with Crippen LogP contribution in [0.2, 0.25) is 0 Å². The average Bonchev–Trinajstić information content (AvgIpc) is 3.20. The second-order valence-corrected chi connectivity index (χ2v) is 4.72. The van der Waals surface area contributed by atoms with Gasteiger partial charge >= 0.3 is 0 Å². The van der Waals surface area contributed by atoms with Crippen LogP contribution >= 0.6 is 0 Å². The zero-order valence-corrected chi connectivity index (χ0v) is 10.6. The number of hydrazone groups is 1. The van der Waals surface area contributed by atoms with E-state index in [9.17, 15) is 9.18 Å². The topological polar surface area (TPSA) is 70.1 Å². The maximum absolute atomic E-state index is 12.9. The second-order valence-electron chi connectivity index (χ2n) is 4.72. The summed E-state index contributed by atoms with van der Waals surface area (Å²) >= 11 is 0. The van der Waals surface area contributed by atoms with Crippen molar-refractivity contribution < 1.29 is 9.18 Å². The van der Waals surface area contributed by atoms with E-state index < -0.39 is 0 Å². The van der Waals surface area contributed by atoms with E-state index >= 15 is 0 Å². The van der Waals surface area contributed by atoms with Gasteiger partial charge in [-0.05, 0) is 37.1 Å². The van der Waals surface area contributed by atoms with Crippen LogP contribution < -0.4 is 5.43 Å². The summed E-state index contributed by atoms with van der Waals surface area (Å²) in [6.07, 6.45) is 5.01. The molecule has 0 bridgehead atoms. The molecule has 0 radical (unpaired) electrons. The fourth-order valence-corrected chi connectivity index (χ4v) is 1.84. The lowest BCUT2D eigenvalue weighted by atomic mass is 10.1. The SMILES string of the molecule is O=C(NN=Cc1cn[nH]c1-c1ccc(F)cc1)C1CC1. The van der Waals surface area contributed by atoms with Gasteiger partial charge in [0.25, 0.3) is 0 Å². The number of hydrogen-bond acceptors (Lipinski definition) is 3. The van der Waals surface area contributed by atoms with Crippen LogP contribution in [-0.4, -0.2) is 22.3 Å². The van der Waals surface area contributed by atoms with Gasteiger partial charge in [-0.2, -0.15) is 10.2 Å². The number of carbonyl (C=O) groups is 1. The van der Waals surface area contributed by atoms with E-state index in [1.165, 1.54) is 18.3 Å². The summed E-state index contributed by atoms with van der Waals surface area (Å²) in [5.41, 5.74) is 4.76. The van der Waals surface area contributed by atoms with Gasteiger partial charge in [0.15, 0.2) is 0 Å². The minimum atomic E-state index is -0.292. The summed E-state index contributed by atoms with van der Waals surface area (Å²) in [6, 6.07) is 6.07. The molecule has 1 aliphatic rings. The number of rotatable bonds is 4. The highest BCUT2D eigenvalue weighted by molar-refractivity contribution is 5.89. The molecule has 1 saturated carbocycles. The Morgan fingerprint density at radius 1 is 1.40 bits per heavy atom. The smallest absolute Gasteiger partial charge is 0.243 e. The number of aromatic amines is 1. The van der Waals surface area contributed by atoms with Gasteiger partial charge in [-0.25, -0.2) is 9.82 Å². The highest BCUT2D eigenvalue weighted by Crippen LogP contribution is 2.28. The monoisotopic (exact) mass is 272 g/mol. The number of nitrogens with zero attached hydrogens (tertiary/aromatic N) is 2. The molecule has 5 nitrogen and oxygen atoms in total. The molecule has 0 atom stereocenters. The third-order valence-electron chi connectivity index (χ3n) is 3.13. The van der Waals surface area contributed by atoms with Crippen molar-refractivity contribution >= 4 is 12.1 Å². The molecule has 3 rings (SSSR count). The molecule has 2 N–H and O–H groups in total. The van der Waals surface area contributed by atoms with Crippen LogP contribution in [-0.2, 0) is 4.79 Å². The summed E-state index contributed by atoms with van der Waals surface area (Å²) in [5, 5.41) is 10.7. The molecule has 0 aliphatic heterocycles. The van der Waals surface area contributed by atoms with E-state index in [1.54, 1.807) is 18.3 Å². The summed E-state index contributed by atoms with van der Waals surface area (Å²) in [4.78, 5) is 11.4. The molecule has 102 valence electrons. The fourth-order valence-electron chi connectivity index (χ4n) is 1.84. The number of nitrogens with one attached hydrogen (secondary N) is 2. The molecule has 0 saturated heterocycles. The number of amides is 1. The van der Waals surface area contributed by atoms with Gasteiger partial charge in [-0.15, -0.1) is 0 Å². The van der Waals surface area contributed by atoms with Crippen LogP contribution in [0, 0.1) is 11.7 Å². The lowest BCUT2D eigenvalue weighted by molar-refractivity contribution is -0.122. The van der Waals surface area contributed by atoms with Crippen molar-refractivity contribution in [1.82, 2.24) is 15.6 Å². The van der Waals surface area contributed by atoms with Gasteiger partial charge in [0.2, 0.25) is 5.91 Å². The zero-order chi connectivity index (χ0) is 13.9. The first-order chi connectivity index (χ1) is 9.74. The van der Waals surface area contributed by atoms with Crippen molar-refractivity contribution in [3.8, 4) is 11.3 Å². The molecule has 1 amide bonds. The van der Waals surface area contributed by atoms with Crippen LogP contribution in [0.3, 0.4) is 0 Å². The Morgan fingerprint density at radius 3 is 2.85 bits per heavy atom. The van der Waals surface area contributed by atoms with Crippen molar-refractivity contribution in [2.24, 2.45) is 11.0 Å². The van der Waals surface area contributed by atoms with E-state index in [2.05, 4.69) is 20.7 Å². The molecule has 20 heavy (non-hydrogen) atoms. The Morgan fingerprint density at radius 2 is 2.15 bits per heavy atom. The minimum absolute atomic E-state index is 0.0481. The summed E-state index contributed by atoms with van der Waals surface area (Å²) in [7, 11) is 0. The maximum atomic E-state index is 12.9. The highest BCUT2D eigenvalue weighted by atomic mass is 19.1. The third kappa shape index (κ3) is 2.74. The first kappa shape index (κ1) is 12.5. The van der Waals surface area contributed by atoms with Gasteiger partial charge in [0, 0.05) is 17.0 Å². The van der Waals surface area contributed by atoms with Gasteiger partial charge in [0.1, 0.15) is 5.82 Å². The third-order valence-corrected chi connectivity index (χ3v) is 3.13. The fraction of sp³-hybridized carbons (Fsp3) is 0.214. The Balaban J connectivity index is 1.74. The van der Waals surface area contributed by atoms with Gasteiger partial charge in [0.05, 0.1) is 18.1 Å². The summed E-state index contributed by atoms with van der Waals surface area (Å²) < 4.78 is 12.9. The van der Waals surface area contributed by atoms with E-state index in [0.29, 0.717) is 0 Å². The lowest BCUT2D eigenvalue weighted by Crippen LogP contribution is -2.18. The molecule has 0 spiro atoms. The van der Waals surface area contributed by atoms with E-state index in [-0.39, 0.29) is 17.6 Å². The van der Waals surface area contributed by atoms with E-state index in [0.717, 1.165) is 29.7 Å². The number of benzene rings is 1. The minimum Gasteiger partial charge on any atom is -0.277 e. The number of H-pyrrole nitrogens is 1. The zero-order valence-electron chi connectivity index (χ0n) is 10.6. The predicted octanol–water partition coefficient (Wildman–Crippen LogP) is 2.08. The van der Waals surface area contributed by atoms with Gasteiger partial charge in [-0.3, -0.25) is 9.89 Å². The molecule has 2 aromatic rings. The Hall–Kier alpha value is -2.50. The summed E-state index contributed by atoms with van der Waals surface area (Å²) in [5.74, 6) is -0.221. The van der Waals surface area contributed by atoms with Crippen molar-refractivity contribution in [1.29, 1.82) is 0 Å². The van der Waals surface area contributed by atoms with Crippen molar-refractivity contribution in [3.63, 3.8) is 0 Å². The predicted molar refractivity (Wildman–Crippen MR) is 72.4 cm³/mol. The van der Waals surface area contributed by atoms with Crippen LogP contribution in [0.25, 0.3) is 11.3 Å². The van der Waals surface area contributed by atoms with Crippen LogP contribution in [0.5, 0.6) is 0 Å². The standard InChI is InChI=1S/C14H13FN4O/c15-12-5-3-9(4-6-12)13-11(7-16-18-13)8-17-19-14(20)10-1-2-10/h3-8,10H,1-2H2,(H,16,18)(H,19,20). The highest BCUT2D eigenvalue weighted by Gasteiger charge is 2.29. The molecular formula is C14H13FN4O. The van der Waals surface area contributed by atoms with Crippen LogP contribution in [0.15, 0.2) is 35.6 Å². The quantitative estimate of drug-likeness (QED) is 0.660. The summed E-state index contributed by atoms with van der Waals surface area (Å²) in [6.45, 7) is 0. The van der Waals surface area contributed by atoms with Crippen molar-refractivity contribution in [2.75, 3.05) is 0 Å². The molecular weight excluding hydrogens is 259 g/mol. The van der Waals surface area contributed by atoms with E-state index in [4.69, 9.17) is 0 Å². The number of hydrogen-bond donors (Lipinski definition) is 2. The normalized spacial score (nSPS) is 14.7. The second kappa shape index (κ2) is 5.24. The van der Waals surface area contributed by atoms with Crippen LogP contribution in [0.4, 0.5) is 4.39 Å². The molecule has 1 heterocycles. The van der Waals surface area contributed by atoms with Gasteiger partial charge in [-0.1, -0.05) is 0 Å². The first-order valence-electron chi connectivity index (χ1n) is 6.36. The average molecular weight is 272 g/mol. The molecule has 6 heteroatoms. The van der Waals surface area contributed by atoms with Gasteiger partial charge < -0.3 is 0 Å². The van der Waals surface area contributed by atoms with Crippen LogP contribution in [0.1, 0.15) is 18.4 Å². The number of aromatic nitrogens is 2. The lowest BCUT2D eigenvalue weighted by Gasteiger charge is -2.00. The Kier molecular flexibility index (Phi) is 3.28. The molecule has 1 aromatic heterocycles. The van der Waals surface area contributed by atoms with E-state index in [1.807, 2.05) is 0 Å². The Labute approximate surface area is 114 Å². The maximum Gasteiger partial charge on any atom is 0.243 e. The van der Waals surface area contributed by atoms with Crippen molar-refractivity contribution in [2.45, 2.75) is 12.8 Å². The Bertz CT molecular complexity index is 643. The molecule has 1 aliphatic carbocycles. The molecule has 1 fully saturated rings. The largest absolute Gasteiger partial charge is 0.277 e. The number of halogens is 1. The number of carbonyl (C=O) groups excluding carboxylic acids is 1. The molecule has 0 unspecified atom stereocenters.